The molecule has 0 radical (unpaired) electrons. The minimum atomic E-state index is -3.46. The zero-order chi connectivity index (χ0) is 20.0. The first-order valence-corrected chi connectivity index (χ1v) is 9.72. The molecule has 2 N–H and O–H groups in total. The summed E-state index contributed by atoms with van der Waals surface area (Å²) < 4.78 is 34.3. The molecule has 8 heteroatoms. The Bertz CT molecular complexity index is 966. The van der Waals surface area contributed by atoms with Gasteiger partial charge in [0.2, 0.25) is 5.91 Å². The molecule has 2 aromatic rings. The first-order valence-electron chi connectivity index (χ1n) is 8.07. The third-order valence-electron chi connectivity index (χ3n) is 3.82. The van der Waals surface area contributed by atoms with Gasteiger partial charge in [-0.3, -0.25) is 4.79 Å². The van der Waals surface area contributed by atoms with Gasteiger partial charge in [0.25, 0.3) is 0 Å². The van der Waals surface area contributed by atoms with Gasteiger partial charge in [-0.25, -0.2) is 8.42 Å². The highest BCUT2D eigenvalue weighted by atomic mass is 32.2. The van der Waals surface area contributed by atoms with E-state index in [1.165, 1.54) is 51.5 Å². The third kappa shape index (κ3) is 5.01. The molecule has 0 aliphatic carbocycles. The van der Waals surface area contributed by atoms with E-state index in [0.29, 0.717) is 17.1 Å². The zero-order valence-corrected chi connectivity index (χ0v) is 16.0. The van der Waals surface area contributed by atoms with E-state index in [9.17, 15) is 18.3 Å². The summed E-state index contributed by atoms with van der Waals surface area (Å²) in [6.07, 6.45) is 2.78. The maximum Gasteiger partial charge on any atom is 0.248 e. The molecule has 0 aromatic heterocycles. The van der Waals surface area contributed by atoms with Crippen molar-refractivity contribution in [2.45, 2.75) is 11.8 Å². The van der Waals surface area contributed by atoms with Gasteiger partial charge in [0.15, 0.2) is 9.84 Å². The highest BCUT2D eigenvalue weighted by Gasteiger charge is 2.15. The molecule has 0 aliphatic heterocycles. The van der Waals surface area contributed by atoms with Gasteiger partial charge in [-0.2, -0.15) is 0 Å². The summed E-state index contributed by atoms with van der Waals surface area (Å²) in [5.41, 5.74) is 0.635. The van der Waals surface area contributed by atoms with E-state index in [2.05, 4.69) is 5.32 Å². The van der Waals surface area contributed by atoms with Crippen molar-refractivity contribution in [3.8, 4) is 17.2 Å². The van der Waals surface area contributed by atoms with Crippen molar-refractivity contribution in [2.75, 3.05) is 25.3 Å². The van der Waals surface area contributed by atoms with Crippen LogP contribution in [-0.4, -0.2) is 39.4 Å². The highest BCUT2D eigenvalue weighted by Crippen LogP contribution is 2.28. The summed E-state index contributed by atoms with van der Waals surface area (Å²) in [4.78, 5) is 12.2. The average molecular weight is 391 g/mol. The predicted molar refractivity (Wildman–Crippen MR) is 103 cm³/mol. The zero-order valence-electron chi connectivity index (χ0n) is 15.2. The van der Waals surface area contributed by atoms with Crippen molar-refractivity contribution < 1.29 is 27.8 Å². The fourth-order valence-electron chi connectivity index (χ4n) is 2.28. The maximum absolute atomic E-state index is 12.2. The van der Waals surface area contributed by atoms with Crippen LogP contribution in [0.1, 0.15) is 12.5 Å². The van der Waals surface area contributed by atoms with Gasteiger partial charge >= 0.3 is 0 Å². The Morgan fingerprint density at radius 3 is 2.52 bits per heavy atom. The fraction of sp³-hybridized carbons (Fsp3) is 0.211. The van der Waals surface area contributed by atoms with E-state index >= 15 is 0 Å². The van der Waals surface area contributed by atoms with E-state index in [1.54, 1.807) is 18.2 Å². The number of rotatable bonds is 7. The van der Waals surface area contributed by atoms with Crippen molar-refractivity contribution >= 4 is 27.5 Å². The van der Waals surface area contributed by atoms with Gasteiger partial charge in [0.05, 0.1) is 30.6 Å². The van der Waals surface area contributed by atoms with Crippen LogP contribution in [0.4, 0.5) is 5.69 Å². The standard InChI is InChI=1S/C19H21NO6S/c1-4-27(23,24)15-7-8-17(21)16(12-15)20-19(22)10-5-13-11-14(25-2)6-9-18(13)26-3/h5-12,21H,4H2,1-3H3,(H,20,22)/b10-5+. The molecule has 144 valence electrons. The molecule has 0 fully saturated rings. The summed E-state index contributed by atoms with van der Waals surface area (Å²) in [5, 5.41) is 12.4. The van der Waals surface area contributed by atoms with Gasteiger partial charge in [-0.1, -0.05) is 6.92 Å². The minimum Gasteiger partial charge on any atom is -0.506 e. The Hall–Kier alpha value is -3.00. The van der Waals surface area contributed by atoms with E-state index in [-0.39, 0.29) is 22.1 Å². The molecule has 2 rings (SSSR count). The second kappa shape index (κ2) is 8.59. The number of hydrogen-bond acceptors (Lipinski definition) is 6. The number of carbonyl (C=O) groups is 1. The van der Waals surface area contributed by atoms with Gasteiger partial charge in [-0.15, -0.1) is 0 Å². The normalized spacial score (nSPS) is 11.4. The van der Waals surface area contributed by atoms with Crippen LogP contribution in [0.3, 0.4) is 0 Å². The minimum absolute atomic E-state index is 0.0109. The third-order valence-corrected chi connectivity index (χ3v) is 5.55. The number of nitrogens with one attached hydrogen (secondary N) is 1. The number of anilines is 1. The Kier molecular flexibility index (Phi) is 6.46. The number of phenolic OH excluding ortho intramolecular Hbond substituents is 1. The van der Waals surface area contributed by atoms with Crippen LogP contribution >= 0.6 is 0 Å². The van der Waals surface area contributed by atoms with Crippen LogP contribution in [0, 0.1) is 0 Å². The molecule has 0 aliphatic rings. The number of phenols is 1. The number of carbonyl (C=O) groups excluding carboxylic acids is 1. The summed E-state index contributed by atoms with van der Waals surface area (Å²) in [7, 11) is -0.415. The Morgan fingerprint density at radius 2 is 1.89 bits per heavy atom. The molecule has 0 unspecified atom stereocenters. The van der Waals surface area contributed by atoms with Crippen molar-refractivity contribution in [3.63, 3.8) is 0 Å². The molecule has 0 bridgehead atoms. The van der Waals surface area contributed by atoms with Crippen molar-refractivity contribution in [2.24, 2.45) is 0 Å². The van der Waals surface area contributed by atoms with Crippen LogP contribution in [0.15, 0.2) is 47.4 Å². The lowest BCUT2D eigenvalue weighted by Gasteiger charge is -2.09. The van der Waals surface area contributed by atoms with Crippen molar-refractivity contribution in [1.82, 2.24) is 0 Å². The molecular weight excluding hydrogens is 370 g/mol. The summed E-state index contributed by atoms with van der Waals surface area (Å²) in [6, 6.07) is 8.89. The molecule has 27 heavy (non-hydrogen) atoms. The lowest BCUT2D eigenvalue weighted by Crippen LogP contribution is -2.10. The number of ether oxygens (including phenoxy) is 2. The SMILES string of the molecule is CCS(=O)(=O)c1ccc(O)c(NC(=O)/C=C/c2cc(OC)ccc2OC)c1. The van der Waals surface area contributed by atoms with Crippen molar-refractivity contribution in [3.05, 3.63) is 48.0 Å². The first kappa shape index (κ1) is 20.3. The van der Waals surface area contributed by atoms with Gasteiger partial charge in [0, 0.05) is 11.6 Å². The smallest absolute Gasteiger partial charge is 0.248 e. The quantitative estimate of drug-likeness (QED) is 0.556. The van der Waals surface area contributed by atoms with E-state index < -0.39 is 15.7 Å². The van der Waals surface area contributed by atoms with Gasteiger partial charge in [0.1, 0.15) is 17.2 Å². The number of amides is 1. The Morgan fingerprint density at radius 1 is 1.15 bits per heavy atom. The van der Waals surface area contributed by atoms with Crippen LogP contribution in [0.25, 0.3) is 6.08 Å². The molecule has 1 amide bonds. The monoisotopic (exact) mass is 391 g/mol. The number of hydrogen-bond donors (Lipinski definition) is 2. The molecule has 0 spiro atoms. The number of benzene rings is 2. The van der Waals surface area contributed by atoms with Crippen LogP contribution in [-0.2, 0) is 14.6 Å². The summed E-state index contributed by atoms with van der Waals surface area (Å²) in [5.74, 6) is 0.303. The molecule has 0 saturated heterocycles. The fourth-order valence-corrected chi connectivity index (χ4v) is 3.19. The lowest BCUT2D eigenvalue weighted by atomic mass is 10.1. The predicted octanol–water partition coefficient (Wildman–Crippen LogP) is 2.85. The summed E-state index contributed by atoms with van der Waals surface area (Å²) >= 11 is 0. The van der Waals surface area contributed by atoms with Crippen LogP contribution < -0.4 is 14.8 Å². The second-order valence-electron chi connectivity index (χ2n) is 5.51. The molecule has 2 aromatic carbocycles. The highest BCUT2D eigenvalue weighted by molar-refractivity contribution is 7.91. The number of aromatic hydroxyl groups is 1. The van der Waals surface area contributed by atoms with E-state index in [1.807, 2.05) is 0 Å². The average Bonchev–Trinajstić information content (AvgIpc) is 2.67. The Labute approximate surface area is 158 Å². The second-order valence-corrected chi connectivity index (χ2v) is 7.79. The molecule has 0 heterocycles. The largest absolute Gasteiger partial charge is 0.506 e. The maximum atomic E-state index is 12.2. The summed E-state index contributed by atoms with van der Waals surface area (Å²) in [6.45, 7) is 1.52. The van der Waals surface area contributed by atoms with Crippen molar-refractivity contribution in [1.29, 1.82) is 0 Å². The Balaban J connectivity index is 2.24. The van der Waals surface area contributed by atoms with E-state index in [4.69, 9.17) is 9.47 Å². The number of sulfone groups is 1. The number of methoxy groups -OCH3 is 2. The first-order chi connectivity index (χ1) is 12.8. The van der Waals surface area contributed by atoms with E-state index in [0.717, 1.165) is 0 Å². The molecule has 7 nitrogen and oxygen atoms in total. The molecule has 0 saturated carbocycles. The van der Waals surface area contributed by atoms with Crippen LogP contribution in [0.2, 0.25) is 0 Å². The topological polar surface area (TPSA) is 102 Å². The van der Waals surface area contributed by atoms with Crippen LogP contribution in [0.5, 0.6) is 17.2 Å². The lowest BCUT2D eigenvalue weighted by molar-refractivity contribution is -0.111. The van der Waals surface area contributed by atoms with Gasteiger partial charge in [-0.05, 0) is 42.5 Å². The molecule has 0 atom stereocenters. The van der Waals surface area contributed by atoms with Gasteiger partial charge < -0.3 is 19.9 Å². The molecular formula is C19H21NO6S.